The van der Waals surface area contributed by atoms with Crippen LogP contribution in [0.1, 0.15) is 34.5 Å². The first-order valence-corrected chi connectivity index (χ1v) is 7.82. The summed E-state index contributed by atoms with van der Waals surface area (Å²) in [5.74, 6) is -0.295. The molecule has 1 atom stereocenters. The second-order valence-electron chi connectivity index (χ2n) is 5.35. The van der Waals surface area contributed by atoms with Crippen LogP contribution in [0.15, 0.2) is 42.5 Å². The van der Waals surface area contributed by atoms with Crippen molar-refractivity contribution in [1.29, 1.82) is 0 Å². The van der Waals surface area contributed by atoms with Crippen molar-refractivity contribution in [3.8, 4) is 0 Å². The van der Waals surface area contributed by atoms with Crippen LogP contribution >= 0.6 is 11.6 Å². The minimum absolute atomic E-state index is 0.108. The van der Waals surface area contributed by atoms with E-state index in [0.29, 0.717) is 29.2 Å². The van der Waals surface area contributed by atoms with Gasteiger partial charge in [0.25, 0.3) is 5.91 Å². The van der Waals surface area contributed by atoms with Gasteiger partial charge < -0.3 is 10.2 Å². The number of nitrogens with zero attached hydrogens (tertiary/aromatic N) is 1. The van der Waals surface area contributed by atoms with Crippen molar-refractivity contribution in [3.05, 3.63) is 70.2 Å². The van der Waals surface area contributed by atoms with Gasteiger partial charge in [0.05, 0.1) is 0 Å². The smallest absolute Gasteiger partial charge is 0.255 e. The molecular weight excluding hydrogens is 312 g/mol. The number of hydrogen-bond acceptors (Lipinski definition) is 2. The van der Waals surface area contributed by atoms with E-state index in [-0.39, 0.29) is 11.8 Å². The first-order chi connectivity index (χ1) is 11.1. The van der Waals surface area contributed by atoms with Crippen LogP contribution in [-0.4, -0.2) is 23.3 Å². The predicted octanol–water partition coefficient (Wildman–Crippen LogP) is 2.97. The van der Waals surface area contributed by atoms with Crippen molar-refractivity contribution >= 4 is 23.4 Å². The first-order valence-electron chi connectivity index (χ1n) is 7.45. The van der Waals surface area contributed by atoms with Crippen molar-refractivity contribution in [1.82, 2.24) is 10.2 Å². The third-order valence-corrected chi connectivity index (χ3v) is 4.21. The highest BCUT2D eigenvalue weighted by molar-refractivity contribution is 6.30. The molecule has 1 heterocycles. The molecule has 0 fully saturated rings. The van der Waals surface area contributed by atoms with E-state index in [1.54, 1.807) is 35.2 Å². The largest absolute Gasteiger partial charge is 0.350 e. The molecule has 0 saturated carbocycles. The van der Waals surface area contributed by atoms with Crippen molar-refractivity contribution in [2.24, 2.45) is 0 Å². The second-order valence-corrected chi connectivity index (χ2v) is 5.79. The maximum Gasteiger partial charge on any atom is 0.255 e. The molecular formula is C18H16ClN2O2. The minimum atomic E-state index is -0.591. The Labute approximate surface area is 140 Å². The highest BCUT2D eigenvalue weighted by Crippen LogP contribution is 2.33. The Morgan fingerprint density at radius 1 is 1.30 bits per heavy atom. The van der Waals surface area contributed by atoms with Gasteiger partial charge in [-0.05, 0) is 48.4 Å². The molecule has 0 bridgehead atoms. The monoisotopic (exact) mass is 327 g/mol. The Balaban J connectivity index is 1.78. The molecule has 23 heavy (non-hydrogen) atoms. The van der Waals surface area contributed by atoms with Gasteiger partial charge in [0.1, 0.15) is 6.04 Å². The molecule has 2 amide bonds. The summed E-state index contributed by atoms with van der Waals surface area (Å²) in [6.07, 6.45) is 0. The van der Waals surface area contributed by atoms with Gasteiger partial charge in [-0.25, -0.2) is 0 Å². The number of fused-ring (bicyclic) bond motifs is 1. The van der Waals surface area contributed by atoms with Gasteiger partial charge >= 0.3 is 0 Å². The van der Waals surface area contributed by atoms with Gasteiger partial charge in [-0.2, -0.15) is 0 Å². The summed E-state index contributed by atoms with van der Waals surface area (Å²) in [6, 6.07) is 14.8. The van der Waals surface area contributed by atoms with Gasteiger partial charge in [0.15, 0.2) is 0 Å². The lowest BCUT2D eigenvalue weighted by atomic mass is 10.0. The van der Waals surface area contributed by atoms with E-state index in [2.05, 4.69) is 11.4 Å². The maximum atomic E-state index is 12.6. The molecule has 5 heteroatoms. The number of carbonyl (C=O) groups is 2. The first kappa shape index (κ1) is 15.6. The van der Waals surface area contributed by atoms with Crippen LogP contribution in [0.5, 0.6) is 0 Å². The maximum absolute atomic E-state index is 12.6. The summed E-state index contributed by atoms with van der Waals surface area (Å²) in [4.78, 5) is 26.6. The molecule has 117 valence electrons. The minimum Gasteiger partial charge on any atom is -0.350 e. The lowest BCUT2D eigenvalue weighted by Crippen LogP contribution is -2.38. The van der Waals surface area contributed by atoms with E-state index < -0.39 is 6.04 Å². The number of likely N-dealkylation sites (N-methyl/N-ethyl adjacent to an activating group) is 1. The summed E-state index contributed by atoms with van der Waals surface area (Å²) < 4.78 is 0. The fourth-order valence-corrected chi connectivity index (χ4v) is 2.93. The average molecular weight is 328 g/mol. The van der Waals surface area contributed by atoms with E-state index >= 15 is 0 Å². The molecule has 1 unspecified atom stereocenters. The molecule has 0 saturated heterocycles. The topological polar surface area (TPSA) is 49.4 Å². The highest BCUT2D eigenvalue weighted by Gasteiger charge is 2.39. The number of amides is 2. The fraction of sp³-hybridized carbons (Fsp3) is 0.222. The van der Waals surface area contributed by atoms with Crippen molar-refractivity contribution in [2.45, 2.75) is 19.5 Å². The summed E-state index contributed by atoms with van der Waals surface area (Å²) in [7, 11) is 0. The zero-order valence-corrected chi connectivity index (χ0v) is 13.4. The SMILES string of the molecule is CCN1C(=O)c2cc[c]cc2C1C(=O)NCc1ccc(Cl)cc1. The molecule has 3 rings (SSSR count). The predicted molar refractivity (Wildman–Crippen MR) is 88.0 cm³/mol. The third kappa shape index (κ3) is 2.94. The number of rotatable bonds is 4. The van der Waals surface area contributed by atoms with E-state index in [1.807, 2.05) is 19.1 Å². The van der Waals surface area contributed by atoms with Crippen LogP contribution in [0.25, 0.3) is 0 Å². The number of carbonyl (C=O) groups excluding carboxylic acids is 2. The fourth-order valence-electron chi connectivity index (χ4n) is 2.80. The molecule has 1 aliphatic heterocycles. The molecule has 0 spiro atoms. The molecule has 4 nitrogen and oxygen atoms in total. The number of nitrogens with one attached hydrogen (secondary N) is 1. The average Bonchev–Trinajstić information content (AvgIpc) is 2.86. The van der Waals surface area contributed by atoms with Crippen LogP contribution in [0.3, 0.4) is 0 Å². The van der Waals surface area contributed by atoms with Crippen LogP contribution in [-0.2, 0) is 11.3 Å². The molecule has 1 aliphatic rings. The quantitative estimate of drug-likeness (QED) is 0.938. The molecule has 2 aromatic rings. The zero-order chi connectivity index (χ0) is 16.4. The number of benzene rings is 2. The van der Waals surface area contributed by atoms with Gasteiger partial charge in [-0.3, -0.25) is 9.59 Å². The van der Waals surface area contributed by atoms with E-state index in [0.717, 1.165) is 5.56 Å². The van der Waals surface area contributed by atoms with Crippen molar-refractivity contribution in [2.75, 3.05) is 6.54 Å². The Kier molecular flexibility index (Phi) is 4.35. The second kappa shape index (κ2) is 6.42. The van der Waals surface area contributed by atoms with Crippen LogP contribution in [0, 0.1) is 6.07 Å². The Bertz CT molecular complexity index is 743. The summed E-state index contributed by atoms with van der Waals surface area (Å²) >= 11 is 5.85. The normalized spacial score (nSPS) is 16.3. The standard InChI is InChI=1S/C18H16ClN2O2/c1-2-21-16(14-5-3-4-6-15(14)18(21)23)17(22)20-11-12-7-9-13(19)10-8-12/h4-10,16H,2,11H2,1H3,(H,20,22). The van der Waals surface area contributed by atoms with Crippen molar-refractivity contribution < 1.29 is 9.59 Å². The third-order valence-electron chi connectivity index (χ3n) is 3.96. The van der Waals surface area contributed by atoms with E-state index in [9.17, 15) is 9.59 Å². The lowest BCUT2D eigenvalue weighted by molar-refractivity contribution is -0.125. The molecule has 1 radical (unpaired) electrons. The summed E-state index contributed by atoms with van der Waals surface area (Å²) in [5.41, 5.74) is 2.25. The lowest BCUT2D eigenvalue weighted by Gasteiger charge is -2.23. The Morgan fingerprint density at radius 3 is 2.74 bits per heavy atom. The van der Waals surface area contributed by atoms with Gasteiger partial charge in [-0.1, -0.05) is 29.8 Å². The molecule has 0 aliphatic carbocycles. The summed E-state index contributed by atoms with van der Waals surface area (Å²) in [6.45, 7) is 2.74. The Morgan fingerprint density at radius 2 is 2.04 bits per heavy atom. The van der Waals surface area contributed by atoms with Crippen molar-refractivity contribution in [3.63, 3.8) is 0 Å². The van der Waals surface area contributed by atoms with Gasteiger partial charge in [0, 0.05) is 23.7 Å². The number of halogens is 1. The molecule has 2 aromatic carbocycles. The van der Waals surface area contributed by atoms with Crippen LogP contribution in [0.2, 0.25) is 5.02 Å². The summed E-state index contributed by atoms with van der Waals surface area (Å²) in [5, 5.41) is 3.55. The van der Waals surface area contributed by atoms with Crippen LogP contribution < -0.4 is 5.32 Å². The van der Waals surface area contributed by atoms with Gasteiger partial charge in [0.2, 0.25) is 5.91 Å². The molecule has 1 N–H and O–H groups in total. The highest BCUT2D eigenvalue weighted by atomic mass is 35.5. The molecule has 0 aromatic heterocycles. The zero-order valence-electron chi connectivity index (χ0n) is 12.7. The number of hydrogen-bond donors (Lipinski definition) is 1. The Hall–Kier alpha value is -2.33. The van der Waals surface area contributed by atoms with E-state index in [4.69, 9.17) is 11.6 Å². The van der Waals surface area contributed by atoms with Gasteiger partial charge in [-0.15, -0.1) is 0 Å². The van der Waals surface area contributed by atoms with E-state index in [1.165, 1.54) is 0 Å². The van der Waals surface area contributed by atoms with Crippen LogP contribution in [0.4, 0.5) is 0 Å².